The summed E-state index contributed by atoms with van der Waals surface area (Å²) in [5, 5.41) is 7.60. The minimum absolute atomic E-state index is 0.00323. The summed E-state index contributed by atoms with van der Waals surface area (Å²) in [6.45, 7) is 1.57. The zero-order chi connectivity index (χ0) is 18.7. The van der Waals surface area contributed by atoms with Crippen LogP contribution in [0.2, 0.25) is 0 Å². The van der Waals surface area contributed by atoms with Gasteiger partial charge >= 0.3 is 6.03 Å². The van der Waals surface area contributed by atoms with Crippen LogP contribution in [0.15, 0.2) is 18.2 Å². The van der Waals surface area contributed by atoms with Crippen LogP contribution in [0.25, 0.3) is 0 Å². The molecular weight excluding hydrogens is 350 g/mol. The smallest absolute Gasteiger partial charge is 0.343 e. The summed E-state index contributed by atoms with van der Waals surface area (Å²) in [5.74, 6) is -1.45. The largest absolute Gasteiger partial charge is 0.368 e. The van der Waals surface area contributed by atoms with Gasteiger partial charge in [-0.05, 0) is 25.0 Å². The van der Waals surface area contributed by atoms with Crippen molar-refractivity contribution in [3.05, 3.63) is 29.3 Å². The monoisotopic (exact) mass is 369 g/mol. The van der Waals surface area contributed by atoms with Crippen molar-refractivity contribution >= 4 is 29.4 Å². The van der Waals surface area contributed by atoms with E-state index in [-0.39, 0.29) is 13.0 Å². The highest BCUT2D eigenvalue weighted by Crippen LogP contribution is 2.35. The van der Waals surface area contributed by atoms with Crippen molar-refractivity contribution in [1.82, 2.24) is 20.7 Å². The molecule has 5 amide bonds. The number of benzene rings is 1. The first kappa shape index (κ1) is 16.2. The number of fused-ring (bicyclic) bond motifs is 3. The van der Waals surface area contributed by atoms with Crippen LogP contribution >= 0.6 is 0 Å². The molecule has 4 aliphatic heterocycles. The van der Waals surface area contributed by atoms with E-state index in [1.807, 2.05) is 6.07 Å². The van der Waals surface area contributed by atoms with Gasteiger partial charge < -0.3 is 10.2 Å². The van der Waals surface area contributed by atoms with Crippen molar-refractivity contribution in [2.24, 2.45) is 0 Å². The van der Waals surface area contributed by atoms with Gasteiger partial charge in [-0.3, -0.25) is 19.7 Å². The normalized spacial score (nSPS) is 27.3. The van der Waals surface area contributed by atoms with E-state index < -0.39 is 23.8 Å². The number of urea groups is 1. The summed E-state index contributed by atoms with van der Waals surface area (Å²) in [6.07, 6.45) is 2.27. The molecule has 2 atom stereocenters. The van der Waals surface area contributed by atoms with E-state index in [2.05, 4.69) is 15.5 Å². The topological polar surface area (TPSA) is 102 Å². The average Bonchev–Trinajstić information content (AvgIpc) is 3.12. The Kier molecular flexibility index (Phi) is 3.48. The molecule has 3 saturated heterocycles. The molecule has 4 aliphatic rings. The minimum atomic E-state index is -0.748. The number of carbonyl (C=O) groups excluding carboxylic acids is 4. The zero-order valence-electron chi connectivity index (χ0n) is 14.6. The molecule has 0 radical (unpaired) electrons. The number of carbonyl (C=O) groups is 4. The summed E-state index contributed by atoms with van der Waals surface area (Å²) < 4.78 is 0. The van der Waals surface area contributed by atoms with Crippen molar-refractivity contribution < 1.29 is 19.2 Å². The predicted molar refractivity (Wildman–Crippen MR) is 94.0 cm³/mol. The molecule has 0 spiro atoms. The summed E-state index contributed by atoms with van der Waals surface area (Å²) in [5.41, 5.74) is 1.38. The van der Waals surface area contributed by atoms with E-state index in [1.165, 1.54) is 0 Å². The fraction of sp³-hybridized carbons (Fsp3) is 0.444. The summed E-state index contributed by atoms with van der Waals surface area (Å²) in [7, 11) is 0. The Bertz CT molecular complexity index is 873. The van der Waals surface area contributed by atoms with Gasteiger partial charge in [0, 0.05) is 31.6 Å². The molecule has 9 heteroatoms. The highest BCUT2D eigenvalue weighted by Gasteiger charge is 2.45. The number of hydrazine groups is 1. The van der Waals surface area contributed by atoms with Gasteiger partial charge in [0.1, 0.15) is 0 Å². The number of anilines is 1. The minimum Gasteiger partial charge on any atom is -0.368 e. The number of hydrogen-bond acceptors (Lipinski definition) is 6. The van der Waals surface area contributed by atoms with Gasteiger partial charge in [0.05, 0.1) is 23.4 Å². The van der Waals surface area contributed by atoms with Crippen LogP contribution in [0.5, 0.6) is 0 Å². The van der Waals surface area contributed by atoms with E-state index in [0.717, 1.165) is 41.6 Å². The number of imide groups is 2. The lowest BCUT2D eigenvalue weighted by atomic mass is 10.1. The van der Waals surface area contributed by atoms with Crippen LogP contribution in [0.4, 0.5) is 10.5 Å². The quantitative estimate of drug-likeness (QED) is 0.716. The molecule has 2 unspecified atom stereocenters. The van der Waals surface area contributed by atoms with Gasteiger partial charge in [0.2, 0.25) is 5.91 Å². The Morgan fingerprint density at radius 3 is 2.41 bits per heavy atom. The van der Waals surface area contributed by atoms with E-state index in [9.17, 15) is 19.2 Å². The standard InChI is InChI=1S/C18H19N5O4/c24-14-6-7-22(18(27)20-14)23-16(25)12-2-1-3-13(15(12)17(23)26)21-8-10-4-5-11(9-21)19-10/h1-3,10-11,19H,4-9H2,(H,20,24,27). The number of hydrogen-bond donors (Lipinski definition) is 2. The van der Waals surface area contributed by atoms with Crippen molar-refractivity contribution in [3.63, 3.8) is 0 Å². The third kappa shape index (κ3) is 2.42. The zero-order valence-corrected chi connectivity index (χ0v) is 14.6. The number of amides is 5. The maximum Gasteiger partial charge on any atom is 0.343 e. The van der Waals surface area contributed by atoms with Gasteiger partial charge in [0.15, 0.2) is 0 Å². The van der Waals surface area contributed by atoms with E-state index >= 15 is 0 Å². The Morgan fingerprint density at radius 2 is 1.70 bits per heavy atom. The first-order valence-corrected chi connectivity index (χ1v) is 9.17. The Morgan fingerprint density at radius 1 is 0.963 bits per heavy atom. The van der Waals surface area contributed by atoms with Crippen molar-refractivity contribution in [3.8, 4) is 0 Å². The molecule has 9 nitrogen and oxygen atoms in total. The molecule has 0 aromatic heterocycles. The molecule has 0 aliphatic carbocycles. The third-order valence-electron chi connectivity index (χ3n) is 5.70. The lowest BCUT2D eigenvalue weighted by molar-refractivity contribution is -0.122. The van der Waals surface area contributed by atoms with Gasteiger partial charge in [-0.15, -0.1) is 0 Å². The molecule has 3 fully saturated rings. The Hall–Kier alpha value is -2.94. The van der Waals surface area contributed by atoms with Gasteiger partial charge in [0.25, 0.3) is 11.8 Å². The average molecular weight is 369 g/mol. The van der Waals surface area contributed by atoms with Crippen molar-refractivity contribution in [1.29, 1.82) is 0 Å². The summed E-state index contributed by atoms with van der Waals surface area (Å²) in [4.78, 5) is 51.7. The number of nitrogens with zero attached hydrogens (tertiary/aromatic N) is 3. The van der Waals surface area contributed by atoms with Crippen LogP contribution in [0.3, 0.4) is 0 Å². The lowest BCUT2D eigenvalue weighted by Crippen LogP contribution is -2.58. The van der Waals surface area contributed by atoms with Crippen LogP contribution in [0.1, 0.15) is 40.0 Å². The van der Waals surface area contributed by atoms with Crippen LogP contribution in [-0.4, -0.2) is 65.5 Å². The van der Waals surface area contributed by atoms with Crippen LogP contribution in [-0.2, 0) is 4.79 Å². The summed E-state index contributed by atoms with van der Waals surface area (Å²) in [6, 6.07) is 5.28. The highest BCUT2D eigenvalue weighted by molar-refractivity contribution is 6.24. The maximum atomic E-state index is 13.1. The summed E-state index contributed by atoms with van der Waals surface area (Å²) >= 11 is 0. The number of nitrogens with one attached hydrogen (secondary N) is 2. The molecule has 27 heavy (non-hydrogen) atoms. The lowest BCUT2D eigenvalue weighted by Gasteiger charge is -2.35. The molecule has 1 aromatic carbocycles. The first-order valence-electron chi connectivity index (χ1n) is 9.17. The maximum absolute atomic E-state index is 13.1. The SMILES string of the molecule is O=C1CCN(N2C(=O)c3cccc(N4CC5CCC(C4)N5)c3C2=O)C(=O)N1. The van der Waals surface area contributed by atoms with Crippen LogP contribution in [0, 0.1) is 0 Å². The predicted octanol–water partition coefficient (Wildman–Crippen LogP) is 0.0801. The van der Waals surface area contributed by atoms with E-state index in [1.54, 1.807) is 12.1 Å². The molecule has 0 saturated carbocycles. The molecule has 5 rings (SSSR count). The fourth-order valence-electron chi connectivity index (χ4n) is 4.48. The van der Waals surface area contributed by atoms with Gasteiger partial charge in [-0.1, -0.05) is 6.07 Å². The second-order valence-electron chi connectivity index (χ2n) is 7.39. The molecule has 4 heterocycles. The van der Waals surface area contributed by atoms with Crippen LogP contribution < -0.4 is 15.5 Å². The molecule has 2 N–H and O–H groups in total. The molecular formula is C18H19N5O4. The Balaban J connectivity index is 1.50. The second-order valence-corrected chi connectivity index (χ2v) is 7.39. The second kappa shape index (κ2) is 5.78. The van der Waals surface area contributed by atoms with E-state index in [4.69, 9.17) is 0 Å². The fourth-order valence-corrected chi connectivity index (χ4v) is 4.48. The van der Waals surface area contributed by atoms with Crippen molar-refractivity contribution in [2.45, 2.75) is 31.3 Å². The molecule has 2 bridgehead atoms. The van der Waals surface area contributed by atoms with Crippen molar-refractivity contribution in [2.75, 3.05) is 24.5 Å². The third-order valence-corrected chi connectivity index (χ3v) is 5.70. The van der Waals surface area contributed by atoms with E-state index in [0.29, 0.717) is 23.2 Å². The highest BCUT2D eigenvalue weighted by atomic mass is 16.2. The number of piperazine rings is 1. The first-order chi connectivity index (χ1) is 13.0. The van der Waals surface area contributed by atoms with Gasteiger partial charge in [-0.2, -0.15) is 5.01 Å². The molecule has 1 aromatic rings. The Labute approximate surface area is 155 Å². The molecule has 140 valence electrons. The van der Waals surface area contributed by atoms with Gasteiger partial charge in [-0.25, -0.2) is 9.80 Å². The number of rotatable bonds is 2.